The Morgan fingerprint density at radius 3 is 2.56 bits per heavy atom. The first-order valence-corrected chi connectivity index (χ1v) is 7.27. The summed E-state index contributed by atoms with van der Waals surface area (Å²) >= 11 is 0. The smallest absolute Gasteiger partial charge is 0.240 e. The molecule has 0 spiro atoms. The Balaban J connectivity index is 1.83. The highest BCUT2D eigenvalue weighted by molar-refractivity contribution is 5.86. The van der Waals surface area contributed by atoms with E-state index in [4.69, 9.17) is 0 Å². The van der Waals surface area contributed by atoms with Crippen molar-refractivity contribution >= 4 is 5.91 Å². The van der Waals surface area contributed by atoms with Crippen molar-refractivity contribution in [2.24, 2.45) is 23.2 Å². The number of hydrogen-bond donors (Lipinski definition) is 1. The molecule has 0 aromatic heterocycles. The Morgan fingerprint density at radius 2 is 2.00 bits per heavy atom. The molecular weight excluding hydrogens is 224 g/mol. The number of rotatable bonds is 3. The Kier molecular flexibility index (Phi) is 3.94. The molecule has 2 fully saturated rings. The topological polar surface area (TPSA) is 52.9 Å². The van der Waals surface area contributed by atoms with Crippen molar-refractivity contribution in [1.82, 2.24) is 5.32 Å². The van der Waals surface area contributed by atoms with E-state index in [0.29, 0.717) is 17.8 Å². The molecule has 3 heteroatoms. The van der Waals surface area contributed by atoms with Gasteiger partial charge in [-0.3, -0.25) is 4.79 Å². The van der Waals surface area contributed by atoms with Gasteiger partial charge in [0, 0.05) is 6.54 Å². The van der Waals surface area contributed by atoms with Gasteiger partial charge < -0.3 is 5.32 Å². The molecule has 18 heavy (non-hydrogen) atoms. The summed E-state index contributed by atoms with van der Waals surface area (Å²) in [5, 5.41) is 12.2. The molecule has 0 heterocycles. The molecule has 2 aliphatic rings. The molecule has 2 aliphatic carbocycles. The molecule has 2 rings (SSSR count). The van der Waals surface area contributed by atoms with Crippen molar-refractivity contribution in [3.8, 4) is 6.07 Å². The van der Waals surface area contributed by atoms with E-state index in [2.05, 4.69) is 25.2 Å². The first-order chi connectivity index (χ1) is 8.57. The normalized spacial score (nSPS) is 39.5. The van der Waals surface area contributed by atoms with Gasteiger partial charge in [0.05, 0.1) is 6.07 Å². The van der Waals surface area contributed by atoms with Crippen LogP contribution in [0, 0.1) is 34.5 Å². The number of nitrogens with zero attached hydrogens (tertiary/aromatic N) is 1. The molecule has 100 valence electrons. The minimum Gasteiger partial charge on any atom is -0.354 e. The maximum Gasteiger partial charge on any atom is 0.240 e. The van der Waals surface area contributed by atoms with Gasteiger partial charge >= 0.3 is 0 Å². The highest BCUT2D eigenvalue weighted by Crippen LogP contribution is 2.45. The number of hydrogen-bond acceptors (Lipinski definition) is 2. The molecule has 2 saturated carbocycles. The van der Waals surface area contributed by atoms with Crippen LogP contribution in [-0.2, 0) is 4.79 Å². The summed E-state index contributed by atoms with van der Waals surface area (Å²) in [4.78, 5) is 12.1. The number of amides is 1. The Labute approximate surface area is 110 Å². The minimum atomic E-state index is -0.711. The highest BCUT2D eigenvalue weighted by atomic mass is 16.2. The number of nitrogens with one attached hydrogen (secondary N) is 1. The zero-order chi connectivity index (χ0) is 13.2. The van der Waals surface area contributed by atoms with E-state index in [1.54, 1.807) is 0 Å². The van der Waals surface area contributed by atoms with Crippen molar-refractivity contribution in [3.05, 3.63) is 0 Å². The van der Waals surface area contributed by atoms with Gasteiger partial charge in [-0.25, -0.2) is 0 Å². The highest BCUT2D eigenvalue weighted by Gasteiger charge is 2.48. The first kappa shape index (κ1) is 13.4. The van der Waals surface area contributed by atoms with Crippen LogP contribution in [0.25, 0.3) is 0 Å². The van der Waals surface area contributed by atoms with E-state index in [1.807, 2.05) is 0 Å². The molecule has 0 aromatic carbocycles. The van der Waals surface area contributed by atoms with Crippen molar-refractivity contribution in [2.75, 3.05) is 6.54 Å². The van der Waals surface area contributed by atoms with E-state index >= 15 is 0 Å². The standard InChI is InChI=1S/C15H24N2O/c1-11-7-15(8-11,10-16)14(18)17-9-13-6-4-3-5-12(13)2/h11-13H,3-9H2,1-2H3,(H,17,18). The van der Waals surface area contributed by atoms with E-state index < -0.39 is 5.41 Å². The zero-order valence-electron chi connectivity index (χ0n) is 11.5. The number of carbonyl (C=O) groups is 1. The molecule has 0 aromatic rings. The molecule has 1 N–H and O–H groups in total. The summed E-state index contributed by atoms with van der Waals surface area (Å²) in [6.45, 7) is 5.14. The van der Waals surface area contributed by atoms with E-state index in [0.717, 1.165) is 19.4 Å². The molecule has 0 aliphatic heterocycles. The summed E-state index contributed by atoms with van der Waals surface area (Å²) < 4.78 is 0. The van der Waals surface area contributed by atoms with Gasteiger partial charge in [-0.15, -0.1) is 0 Å². The fourth-order valence-corrected chi connectivity index (χ4v) is 3.55. The first-order valence-electron chi connectivity index (χ1n) is 7.27. The molecule has 3 nitrogen and oxygen atoms in total. The summed E-state index contributed by atoms with van der Waals surface area (Å²) in [6, 6.07) is 2.23. The predicted octanol–water partition coefficient (Wildman–Crippen LogP) is 2.87. The van der Waals surface area contributed by atoms with Crippen LogP contribution in [0.1, 0.15) is 52.4 Å². The lowest BCUT2D eigenvalue weighted by Gasteiger charge is -2.40. The van der Waals surface area contributed by atoms with Gasteiger partial charge in [0.1, 0.15) is 5.41 Å². The van der Waals surface area contributed by atoms with E-state index in [9.17, 15) is 10.1 Å². The maximum absolute atomic E-state index is 12.1. The fourth-order valence-electron chi connectivity index (χ4n) is 3.55. The van der Waals surface area contributed by atoms with Crippen LogP contribution in [0.3, 0.4) is 0 Å². The second-order valence-electron chi connectivity index (χ2n) is 6.44. The van der Waals surface area contributed by atoms with Crippen LogP contribution in [0.4, 0.5) is 0 Å². The third-order valence-corrected chi connectivity index (χ3v) is 4.86. The third-order valence-electron chi connectivity index (χ3n) is 4.86. The lowest BCUT2D eigenvalue weighted by atomic mass is 9.63. The second-order valence-corrected chi connectivity index (χ2v) is 6.44. The molecule has 2 unspecified atom stereocenters. The molecule has 2 atom stereocenters. The van der Waals surface area contributed by atoms with Gasteiger partial charge in [-0.1, -0.05) is 33.1 Å². The largest absolute Gasteiger partial charge is 0.354 e. The van der Waals surface area contributed by atoms with Crippen molar-refractivity contribution < 1.29 is 4.79 Å². The van der Waals surface area contributed by atoms with Gasteiger partial charge in [0.2, 0.25) is 5.91 Å². The van der Waals surface area contributed by atoms with Crippen LogP contribution in [0.5, 0.6) is 0 Å². The average molecular weight is 248 g/mol. The zero-order valence-corrected chi connectivity index (χ0v) is 11.5. The van der Waals surface area contributed by atoms with E-state index in [-0.39, 0.29) is 5.91 Å². The number of nitriles is 1. The Bertz CT molecular complexity index is 352. The Hall–Kier alpha value is -1.04. The van der Waals surface area contributed by atoms with Crippen molar-refractivity contribution in [3.63, 3.8) is 0 Å². The van der Waals surface area contributed by atoms with Gasteiger partial charge in [0.15, 0.2) is 0 Å². The van der Waals surface area contributed by atoms with Crippen LogP contribution in [0.2, 0.25) is 0 Å². The molecular formula is C15H24N2O. The molecule has 0 radical (unpaired) electrons. The van der Waals surface area contributed by atoms with Gasteiger partial charge in [0.25, 0.3) is 0 Å². The minimum absolute atomic E-state index is 0.0270. The summed E-state index contributed by atoms with van der Waals surface area (Å²) in [7, 11) is 0. The summed E-state index contributed by atoms with van der Waals surface area (Å²) in [6.07, 6.45) is 6.57. The third kappa shape index (κ3) is 2.53. The van der Waals surface area contributed by atoms with Gasteiger partial charge in [-0.05, 0) is 37.0 Å². The average Bonchev–Trinajstić information content (AvgIpc) is 2.33. The lowest BCUT2D eigenvalue weighted by Crippen LogP contribution is -2.49. The van der Waals surface area contributed by atoms with Gasteiger partial charge in [-0.2, -0.15) is 5.26 Å². The lowest BCUT2D eigenvalue weighted by molar-refractivity contribution is -0.134. The summed E-state index contributed by atoms with van der Waals surface area (Å²) in [5.74, 6) is 1.80. The van der Waals surface area contributed by atoms with Crippen molar-refractivity contribution in [2.45, 2.75) is 52.4 Å². The summed E-state index contributed by atoms with van der Waals surface area (Å²) in [5.41, 5.74) is -0.711. The maximum atomic E-state index is 12.1. The predicted molar refractivity (Wildman–Crippen MR) is 70.6 cm³/mol. The second kappa shape index (κ2) is 5.30. The fraction of sp³-hybridized carbons (Fsp3) is 0.867. The number of carbonyl (C=O) groups excluding carboxylic acids is 1. The van der Waals surface area contributed by atoms with Crippen LogP contribution in [-0.4, -0.2) is 12.5 Å². The van der Waals surface area contributed by atoms with Crippen molar-refractivity contribution in [1.29, 1.82) is 5.26 Å². The quantitative estimate of drug-likeness (QED) is 0.835. The van der Waals surface area contributed by atoms with E-state index in [1.165, 1.54) is 25.7 Å². The Morgan fingerprint density at radius 1 is 1.33 bits per heavy atom. The molecule has 1 amide bonds. The van der Waals surface area contributed by atoms with Crippen LogP contribution in [0.15, 0.2) is 0 Å². The SMILES string of the molecule is CC1CC(C#N)(C(=O)NCC2CCCCC2C)C1. The van der Waals surface area contributed by atoms with Crippen LogP contribution < -0.4 is 5.32 Å². The van der Waals surface area contributed by atoms with Crippen LogP contribution >= 0.6 is 0 Å². The molecule has 0 bridgehead atoms. The monoisotopic (exact) mass is 248 g/mol. The molecule has 0 saturated heterocycles.